The predicted octanol–water partition coefficient (Wildman–Crippen LogP) is 3.13. The molecule has 0 bridgehead atoms. The molecule has 0 spiro atoms. The molecule has 1 aromatic carbocycles. The molecule has 0 atom stereocenters. The second kappa shape index (κ2) is 4.78. The zero-order valence-corrected chi connectivity index (χ0v) is 9.37. The van der Waals surface area contributed by atoms with Crippen molar-refractivity contribution in [3.8, 4) is 0 Å². The fraction of sp³-hybridized carbons (Fsp3) is 0.308. The second-order valence-electron chi connectivity index (χ2n) is 3.57. The molecule has 0 radical (unpaired) electrons. The average molecular weight is 204 g/mol. The number of rotatable bonds is 3. The lowest BCUT2D eigenvalue weighted by Gasteiger charge is -2.09. The highest BCUT2D eigenvalue weighted by Gasteiger charge is 2.09. The Bertz CT molecular complexity index is 403. The molecule has 2 nitrogen and oxygen atoms in total. The van der Waals surface area contributed by atoms with Crippen LogP contribution in [0.3, 0.4) is 0 Å². The average Bonchev–Trinajstić information content (AvgIpc) is 2.26. The molecule has 0 saturated carbocycles. The summed E-state index contributed by atoms with van der Waals surface area (Å²) < 4.78 is 0. The van der Waals surface area contributed by atoms with Gasteiger partial charge in [0.2, 0.25) is 0 Å². The van der Waals surface area contributed by atoms with E-state index in [0.717, 1.165) is 17.6 Å². The van der Waals surface area contributed by atoms with Crippen LogP contribution in [0.1, 0.15) is 31.9 Å². The lowest BCUT2D eigenvalue weighted by Crippen LogP contribution is -2.00. The van der Waals surface area contributed by atoms with Crippen LogP contribution in [-0.4, -0.2) is 11.1 Å². The van der Waals surface area contributed by atoms with E-state index in [2.05, 4.69) is 6.92 Å². The van der Waals surface area contributed by atoms with Crippen molar-refractivity contribution in [2.24, 2.45) is 0 Å². The van der Waals surface area contributed by atoms with E-state index in [1.807, 2.05) is 31.2 Å². The van der Waals surface area contributed by atoms with Crippen LogP contribution >= 0.6 is 0 Å². The van der Waals surface area contributed by atoms with Crippen molar-refractivity contribution in [1.82, 2.24) is 0 Å². The Hall–Kier alpha value is -1.57. The highest BCUT2D eigenvalue weighted by molar-refractivity contribution is 5.95. The van der Waals surface area contributed by atoms with E-state index in [1.165, 1.54) is 5.56 Å². The van der Waals surface area contributed by atoms with E-state index in [0.29, 0.717) is 5.57 Å². The van der Waals surface area contributed by atoms with Crippen molar-refractivity contribution >= 4 is 11.5 Å². The maximum Gasteiger partial charge on any atom is 0.331 e. The minimum absolute atomic E-state index is 0.413. The van der Waals surface area contributed by atoms with Gasteiger partial charge in [0, 0.05) is 5.57 Å². The summed E-state index contributed by atoms with van der Waals surface area (Å²) in [7, 11) is 0. The first kappa shape index (κ1) is 11.5. The van der Waals surface area contributed by atoms with Crippen LogP contribution in [0, 0.1) is 0 Å². The van der Waals surface area contributed by atoms with Gasteiger partial charge in [-0.1, -0.05) is 31.2 Å². The van der Waals surface area contributed by atoms with Crippen molar-refractivity contribution in [3.63, 3.8) is 0 Å². The summed E-state index contributed by atoms with van der Waals surface area (Å²) in [4.78, 5) is 10.9. The van der Waals surface area contributed by atoms with Crippen molar-refractivity contribution in [2.45, 2.75) is 27.2 Å². The number of hydrogen-bond acceptors (Lipinski definition) is 1. The van der Waals surface area contributed by atoms with E-state index in [9.17, 15) is 4.79 Å². The van der Waals surface area contributed by atoms with E-state index in [4.69, 9.17) is 5.11 Å². The van der Waals surface area contributed by atoms with Crippen LogP contribution in [0.25, 0.3) is 5.57 Å². The molecule has 0 aliphatic rings. The summed E-state index contributed by atoms with van der Waals surface area (Å²) in [6, 6.07) is 7.92. The van der Waals surface area contributed by atoms with Crippen LogP contribution in [0.4, 0.5) is 0 Å². The molecule has 1 aromatic rings. The van der Waals surface area contributed by atoms with Crippen molar-refractivity contribution in [2.75, 3.05) is 0 Å². The van der Waals surface area contributed by atoms with Gasteiger partial charge in [0.25, 0.3) is 0 Å². The first-order chi connectivity index (χ1) is 7.07. The van der Waals surface area contributed by atoms with Gasteiger partial charge in [-0.15, -0.1) is 0 Å². The maximum atomic E-state index is 10.9. The molecule has 0 fully saturated rings. The molecule has 0 aliphatic carbocycles. The molecule has 0 saturated heterocycles. The van der Waals surface area contributed by atoms with Gasteiger partial charge in [0.15, 0.2) is 0 Å². The number of carbonyl (C=O) groups is 1. The van der Waals surface area contributed by atoms with Crippen LogP contribution in [-0.2, 0) is 11.2 Å². The molecular weight excluding hydrogens is 188 g/mol. The van der Waals surface area contributed by atoms with E-state index >= 15 is 0 Å². The Labute approximate surface area is 90.3 Å². The molecule has 80 valence electrons. The van der Waals surface area contributed by atoms with E-state index in [1.54, 1.807) is 6.92 Å². The zero-order chi connectivity index (χ0) is 11.4. The molecule has 0 amide bonds. The van der Waals surface area contributed by atoms with Crippen LogP contribution in [0.5, 0.6) is 0 Å². The molecule has 0 aliphatic heterocycles. The molecule has 1 rings (SSSR count). The highest BCUT2D eigenvalue weighted by atomic mass is 16.4. The van der Waals surface area contributed by atoms with Crippen molar-refractivity contribution in [1.29, 1.82) is 0 Å². The van der Waals surface area contributed by atoms with Crippen LogP contribution in [0.15, 0.2) is 29.8 Å². The summed E-state index contributed by atoms with van der Waals surface area (Å²) in [6.07, 6.45) is 0.917. The summed E-state index contributed by atoms with van der Waals surface area (Å²) in [5.41, 5.74) is 3.49. The van der Waals surface area contributed by atoms with Crippen molar-refractivity contribution in [3.05, 3.63) is 41.0 Å². The minimum atomic E-state index is -0.849. The third-order valence-corrected chi connectivity index (χ3v) is 2.69. The standard InChI is InChI=1S/C13H16O2/c1-4-11-7-5-6-8-12(11)9(2)10(3)13(14)15/h5-8H,4H2,1-3H3,(H,14,15)/b10-9+. The Kier molecular flexibility index (Phi) is 3.67. The first-order valence-electron chi connectivity index (χ1n) is 5.07. The summed E-state index contributed by atoms with van der Waals surface area (Å²) in [6.45, 7) is 5.57. The predicted molar refractivity (Wildman–Crippen MR) is 61.7 cm³/mol. The molecule has 0 unspecified atom stereocenters. The second-order valence-corrected chi connectivity index (χ2v) is 3.57. The maximum absolute atomic E-state index is 10.9. The van der Waals surface area contributed by atoms with Gasteiger partial charge in [0.05, 0.1) is 0 Å². The van der Waals surface area contributed by atoms with Crippen molar-refractivity contribution < 1.29 is 9.90 Å². The van der Waals surface area contributed by atoms with Crippen LogP contribution < -0.4 is 0 Å². The Morgan fingerprint density at radius 1 is 1.27 bits per heavy atom. The van der Waals surface area contributed by atoms with Gasteiger partial charge >= 0.3 is 5.97 Å². The number of carboxylic acid groups (broad SMARTS) is 1. The lowest BCUT2D eigenvalue weighted by atomic mass is 9.96. The number of hydrogen-bond donors (Lipinski definition) is 1. The number of aryl methyl sites for hydroxylation is 1. The van der Waals surface area contributed by atoms with Crippen LogP contribution in [0.2, 0.25) is 0 Å². The molecular formula is C13H16O2. The summed E-state index contributed by atoms with van der Waals surface area (Å²) in [5, 5.41) is 8.92. The fourth-order valence-corrected chi connectivity index (χ4v) is 1.56. The molecule has 15 heavy (non-hydrogen) atoms. The van der Waals surface area contributed by atoms with E-state index < -0.39 is 5.97 Å². The third kappa shape index (κ3) is 2.46. The first-order valence-corrected chi connectivity index (χ1v) is 5.07. The Morgan fingerprint density at radius 3 is 2.40 bits per heavy atom. The fourth-order valence-electron chi connectivity index (χ4n) is 1.56. The molecule has 1 N–H and O–H groups in total. The third-order valence-electron chi connectivity index (χ3n) is 2.69. The van der Waals surface area contributed by atoms with Gasteiger partial charge in [-0.25, -0.2) is 4.79 Å². The van der Waals surface area contributed by atoms with Gasteiger partial charge in [-0.3, -0.25) is 0 Å². The minimum Gasteiger partial charge on any atom is -0.478 e. The SMILES string of the molecule is CCc1ccccc1/C(C)=C(\C)C(=O)O. The number of allylic oxidation sites excluding steroid dienone is 1. The smallest absolute Gasteiger partial charge is 0.331 e. The highest BCUT2D eigenvalue weighted by Crippen LogP contribution is 2.22. The van der Waals surface area contributed by atoms with E-state index in [-0.39, 0.29) is 0 Å². The normalized spacial score (nSPS) is 12.2. The van der Waals surface area contributed by atoms with Gasteiger partial charge in [-0.2, -0.15) is 0 Å². The number of benzene rings is 1. The summed E-state index contributed by atoms with van der Waals surface area (Å²) in [5.74, 6) is -0.849. The quantitative estimate of drug-likeness (QED) is 0.768. The Morgan fingerprint density at radius 2 is 1.87 bits per heavy atom. The Balaban J connectivity index is 3.27. The van der Waals surface area contributed by atoms with Gasteiger partial charge in [-0.05, 0) is 37.0 Å². The number of carboxylic acids is 1. The summed E-state index contributed by atoms with van der Waals surface area (Å²) >= 11 is 0. The zero-order valence-electron chi connectivity index (χ0n) is 9.37. The number of aliphatic carboxylic acids is 1. The molecule has 0 heterocycles. The largest absolute Gasteiger partial charge is 0.478 e. The van der Waals surface area contributed by atoms with Gasteiger partial charge < -0.3 is 5.11 Å². The molecule has 2 heteroatoms. The van der Waals surface area contributed by atoms with Gasteiger partial charge in [0.1, 0.15) is 0 Å². The monoisotopic (exact) mass is 204 g/mol. The lowest BCUT2D eigenvalue weighted by molar-refractivity contribution is -0.132. The molecule has 0 aromatic heterocycles. The topological polar surface area (TPSA) is 37.3 Å².